The molecule has 1 N–H and O–H groups in total. The Morgan fingerprint density at radius 3 is 2.24 bits per heavy atom. The van der Waals surface area contributed by atoms with Crippen molar-refractivity contribution in [3.8, 4) is 17.1 Å². The maximum absolute atomic E-state index is 10.2. The number of hydrogen-bond donors (Lipinski definition) is 1. The predicted octanol–water partition coefficient (Wildman–Crippen LogP) is 4.15. The van der Waals surface area contributed by atoms with Gasteiger partial charge in [0, 0.05) is 13.3 Å². The molecule has 21 heavy (non-hydrogen) atoms. The summed E-state index contributed by atoms with van der Waals surface area (Å²) in [6.45, 7) is 0. The molecule has 3 heteroatoms. The minimum Gasteiger partial charge on any atom is -0.494 e. The lowest BCUT2D eigenvalue weighted by Crippen LogP contribution is -1.90. The molecule has 3 rings (SSSR count). The highest BCUT2D eigenvalue weighted by molar-refractivity contribution is 5.87. The van der Waals surface area contributed by atoms with Gasteiger partial charge in [0.25, 0.3) is 0 Å². The summed E-state index contributed by atoms with van der Waals surface area (Å²) in [7, 11) is 1.84. The van der Waals surface area contributed by atoms with Crippen LogP contribution >= 0.6 is 0 Å². The van der Waals surface area contributed by atoms with Gasteiger partial charge in [-0.1, -0.05) is 48.5 Å². The Hall–Kier alpha value is -2.81. The third-order valence-corrected chi connectivity index (χ3v) is 3.41. The standard InChI is InChI=1S/C18H16N2O/c1-20-17(14-8-4-2-5-9-14)12-15(18(20)21)13-19-16-10-6-3-7-11-16/h2-13,21H,1H3. The van der Waals surface area contributed by atoms with E-state index in [1.807, 2.05) is 73.8 Å². The summed E-state index contributed by atoms with van der Waals surface area (Å²) in [5.74, 6) is 0.216. The van der Waals surface area contributed by atoms with Gasteiger partial charge in [0.1, 0.15) is 0 Å². The minimum atomic E-state index is 0.216. The van der Waals surface area contributed by atoms with Gasteiger partial charge in [-0.2, -0.15) is 0 Å². The van der Waals surface area contributed by atoms with Gasteiger partial charge in [0.05, 0.1) is 16.9 Å². The van der Waals surface area contributed by atoms with Crippen LogP contribution in [0.1, 0.15) is 5.56 Å². The third-order valence-electron chi connectivity index (χ3n) is 3.41. The number of nitrogens with zero attached hydrogens (tertiary/aromatic N) is 2. The van der Waals surface area contributed by atoms with Crippen LogP contribution in [0.5, 0.6) is 5.88 Å². The molecular weight excluding hydrogens is 260 g/mol. The van der Waals surface area contributed by atoms with Crippen LogP contribution in [0.15, 0.2) is 71.7 Å². The van der Waals surface area contributed by atoms with Crippen LogP contribution < -0.4 is 0 Å². The first-order valence-electron chi connectivity index (χ1n) is 6.79. The predicted molar refractivity (Wildman–Crippen MR) is 86.2 cm³/mol. The summed E-state index contributed by atoms with van der Waals surface area (Å²) < 4.78 is 1.77. The molecule has 0 aliphatic heterocycles. The fourth-order valence-corrected chi connectivity index (χ4v) is 2.26. The van der Waals surface area contributed by atoms with Crippen molar-refractivity contribution in [1.29, 1.82) is 0 Å². The van der Waals surface area contributed by atoms with Crippen molar-refractivity contribution in [3.63, 3.8) is 0 Å². The highest BCUT2D eigenvalue weighted by Crippen LogP contribution is 2.28. The summed E-state index contributed by atoms with van der Waals surface area (Å²) in [5.41, 5.74) is 3.60. The van der Waals surface area contributed by atoms with Crippen molar-refractivity contribution in [2.75, 3.05) is 0 Å². The molecule has 0 amide bonds. The molecule has 0 atom stereocenters. The zero-order valence-corrected chi connectivity index (χ0v) is 11.8. The van der Waals surface area contributed by atoms with Crippen molar-refractivity contribution >= 4 is 11.9 Å². The Morgan fingerprint density at radius 2 is 1.57 bits per heavy atom. The number of rotatable bonds is 3. The molecule has 0 saturated carbocycles. The van der Waals surface area contributed by atoms with Crippen LogP contribution in [-0.4, -0.2) is 15.9 Å². The first-order chi connectivity index (χ1) is 10.3. The molecule has 0 saturated heterocycles. The van der Waals surface area contributed by atoms with Gasteiger partial charge in [0.15, 0.2) is 5.88 Å². The number of aromatic hydroxyl groups is 1. The van der Waals surface area contributed by atoms with E-state index in [1.54, 1.807) is 10.8 Å². The van der Waals surface area contributed by atoms with E-state index in [9.17, 15) is 5.11 Å². The van der Waals surface area contributed by atoms with Crippen LogP contribution in [0.25, 0.3) is 11.3 Å². The van der Waals surface area contributed by atoms with Crippen molar-refractivity contribution in [2.24, 2.45) is 12.0 Å². The largest absolute Gasteiger partial charge is 0.494 e. The summed E-state index contributed by atoms with van der Waals surface area (Å²) >= 11 is 0. The van der Waals surface area contributed by atoms with Gasteiger partial charge < -0.3 is 9.67 Å². The number of benzene rings is 2. The molecule has 0 aliphatic rings. The van der Waals surface area contributed by atoms with Gasteiger partial charge in [-0.25, -0.2) is 0 Å². The molecule has 0 spiro atoms. The van der Waals surface area contributed by atoms with Gasteiger partial charge in [-0.3, -0.25) is 4.99 Å². The lowest BCUT2D eigenvalue weighted by Gasteiger charge is -2.03. The SMILES string of the molecule is Cn1c(-c2ccccc2)cc(C=Nc2ccccc2)c1O. The van der Waals surface area contributed by atoms with E-state index >= 15 is 0 Å². The molecule has 1 heterocycles. The van der Waals surface area contributed by atoms with Crippen LogP contribution in [-0.2, 0) is 7.05 Å². The zero-order chi connectivity index (χ0) is 14.7. The topological polar surface area (TPSA) is 37.5 Å². The lowest BCUT2D eigenvalue weighted by atomic mass is 10.1. The molecule has 0 unspecified atom stereocenters. The molecule has 3 aromatic rings. The molecule has 0 aliphatic carbocycles. The minimum absolute atomic E-state index is 0.216. The maximum Gasteiger partial charge on any atom is 0.200 e. The zero-order valence-electron chi connectivity index (χ0n) is 11.8. The Balaban J connectivity index is 1.96. The van der Waals surface area contributed by atoms with Gasteiger partial charge in [-0.15, -0.1) is 0 Å². The van der Waals surface area contributed by atoms with E-state index in [1.165, 1.54) is 0 Å². The van der Waals surface area contributed by atoms with E-state index in [-0.39, 0.29) is 5.88 Å². The highest BCUT2D eigenvalue weighted by Gasteiger charge is 2.11. The Kier molecular flexibility index (Phi) is 3.56. The summed E-state index contributed by atoms with van der Waals surface area (Å²) in [4.78, 5) is 4.39. The van der Waals surface area contributed by atoms with Gasteiger partial charge in [-0.05, 0) is 23.8 Å². The second-order valence-corrected chi connectivity index (χ2v) is 4.83. The first kappa shape index (κ1) is 13.2. The number of aromatic nitrogens is 1. The molecule has 1 aromatic heterocycles. The summed E-state index contributed by atoms with van der Waals surface area (Å²) in [5, 5.41) is 10.2. The second-order valence-electron chi connectivity index (χ2n) is 4.83. The van der Waals surface area contributed by atoms with Crippen LogP contribution in [0.4, 0.5) is 5.69 Å². The molecule has 0 fully saturated rings. The van der Waals surface area contributed by atoms with E-state index < -0.39 is 0 Å². The molecule has 3 nitrogen and oxygen atoms in total. The van der Waals surface area contributed by atoms with E-state index in [0.717, 1.165) is 16.9 Å². The Bertz CT molecular complexity index is 759. The van der Waals surface area contributed by atoms with Crippen LogP contribution in [0.2, 0.25) is 0 Å². The molecule has 2 aromatic carbocycles. The lowest BCUT2D eigenvalue weighted by molar-refractivity contribution is 0.432. The van der Waals surface area contributed by atoms with Crippen molar-refractivity contribution < 1.29 is 5.11 Å². The maximum atomic E-state index is 10.2. The van der Waals surface area contributed by atoms with E-state index in [2.05, 4.69) is 4.99 Å². The summed E-state index contributed by atoms with van der Waals surface area (Å²) in [6.07, 6.45) is 1.69. The monoisotopic (exact) mass is 276 g/mol. The summed E-state index contributed by atoms with van der Waals surface area (Å²) in [6, 6.07) is 21.6. The fraction of sp³-hybridized carbons (Fsp3) is 0.0556. The molecule has 0 bridgehead atoms. The first-order valence-corrected chi connectivity index (χ1v) is 6.79. The van der Waals surface area contributed by atoms with E-state index in [4.69, 9.17) is 0 Å². The number of para-hydroxylation sites is 1. The molecule has 104 valence electrons. The highest BCUT2D eigenvalue weighted by atomic mass is 16.3. The van der Waals surface area contributed by atoms with Crippen molar-refractivity contribution in [2.45, 2.75) is 0 Å². The van der Waals surface area contributed by atoms with Crippen LogP contribution in [0, 0.1) is 0 Å². The molecule has 0 radical (unpaired) electrons. The number of aliphatic imine (C=N–C) groups is 1. The third kappa shape index (κ3) is 2.72. The average Bonchev–Trinajstić information content (AvgIpc) is 2.83. The van der Waals surface area contributed by atoms with Gasteiger partial charge >= 0.3 is 0 Å². The van der Waals surface area contributed by atoms with Crippen molar-refractivity contribution in [3.05, 3.63) is 72.3 Å². The van der Waals surface area contributed by atoms with E-state index in [0.29, 0.717) is 5.56 Å². The van der Waals surface area contributed by atoms with Crippen molar-refractivity contribution in [1.82, 2.24) is 4.57 Å². The molecular formula is C18H16N2O. The quantitative estimate of drug-likeness (QED) is 0.717. The number of hydrogen-bond acceptors (Lipinski definition) is 2. The Labute approximate surface area is 123 Å². The smallest absolute Gasteiger partial charge is 0.200 e. The second kappa shape index (κ2) is 5.67. The normalized spacial score (nSPS) is 11.1. The van der Waals surface area contributed by atoms with Crippen LogP contribution in [0.3, 0.4) is 0 Å². The fourth-order valence-electron chi connectivity index (χ4n) is 2.26. The Morgan fingerprint density at radius 1 is 0.952 bits per heavy atom. The van der Waals surface area contributed by atoms with Gasteiger partial charge in [0.2, 0.25) is 0 Å². The average molecular weight is 276 g/mol.